The van der Waals surface area contributed by atoms with Crippen molar-refractivity contribution in [2.75, 3.05) is 13.2 Å². The maximum atomic E-state index is 13.1. The number of carbonyl (C=O) groups excluding carboxylic acids is 1. The molecule has 4 N–H and O–H groups in total. The highest BCUT2D eigenvalue weighted by molar-refractivity contribution is 5.95. The number of aromatic nitrogens is 2. The first kappa shape index (κ1) is 19.4. The molecule has 2 aromatic carbocycles. The fourth-order valence-electron chi connectivity index (χ4n) is 3.87. The van der Waals surface area contributed by atoms with E-state index in [1.807, 2.05) is 55.5 Å². The number of nitrogens with zero attached hydrogens (tertiary/aromatic N) is 1. The lowest BCUT2D eigenvalue weighted by molar-refractivity contribution is 0.0316. The summed E-state index contributed by atoms with van der Waals surface area (Å²) in [5.74, 6) is 0.680. The summed E-state index contributed by atoms with van der Waals surface area (Å²) in [4.78, 5) is 20.8. The van der Waals surface area contributed by atoms with Gasteiger partial charge in [-0.25, -0.2) is 4.98 Å². The van der Waals surface area contributed by atoms with E-state index in [9.17, 15) is 4.79 Å². The molecule has 1 saturated heterocycles. The van der Waals surface area contributed by atoms with Crippen LogP contribution in [0.15, 0.2) is 54.7 Å². The number of imidazole rings is 1. The molecule has 29 heavy (non-hydrogen) atoms. The summed E-state index contributed by atoms with van der Waals surface area (Å²) in [6.45, 7) is 3.62. The van der Waals surface area contributed by atoms with Crippen LogP contribution in [0.3, 0.4) is 0 Å². The number of hydrogen-bond acceptors (Lipinski definition) is 4. The molecule has 2 heterocycles. The summed E-state index contributed by atoms with van der Waals surface area (Å²) in [5, 5.41) is 3.23. The third kappa shape index (κ3) is 3.95. The van der Waals surface area contributed by atoms with E-state index in [0.717, 1.165) is 28.2 Å². The predicted molar refractivity (Wildman–Crippen MR) is 112 cm³/mol. The summed E-state index contributed by atoms with van der Waals surface area (Å²) in [7, 11) is 0. The van der Waals surface area contributed by atoms with Crippen LogP contribution in [0.25, 0.3) is 11.1 Å². The van der Waals surface area contributed by atoms with Gasteiger partial charge in [0.25, 0.3) is 5.91 Å². The van der Waals surface area contributed by atoms with E-state index in [0.29, 0.717) is 38.2 Å². The topological polar surface area (TPSA) is 93.0 Å². The number of aryl methyl sites for hydroxylation is 1. The van der Waals surface area contributed by atoms with Gasteiger partial charge in [-0.1, -0.05) is 36.4 Å². The molecule has 0 unspecified atom stereocenters. The normalized spacial score (nSPS) is 15.8. The standard InChI is InChI=1S/C23H26N4O2/c1-16-15-25-22(26-16)23(10-12-29-13-11-23)27-21(28)18-8-6-17(7-9-18)20-5-3-2-4-19(20)14-24/h2-9,15H,10-14,24H2,1H3,(H,25,26)(H,27,28). The Morgan fingerprint density at radius 1 is 1.17 bits per heavy atom. The Bertz CT molecular complexity index is 988. The van der Waals surface area contributed by atoms with Crippen LogP contribution >= 0.6 is 0 Å². The molecule has 0 bridgehead atoms. The van der Waals surface area contributed by atoms with E-state index >= 15 is 0 Å². The van der Waals surface area contributed by atoms with E-state index in [1.54, 1.807) is 6.20 Å². The quantitative estimate of drug-likeness (QED) is 0.623. The third-order valence-corrected chi connectivity index (χ3v) is 5.55. The van der Waals surface area contributed by atoms with Crippen molar-refractivity contribution in [1.29, 1.82) is 0 Å². The largest absolute Gasteiger partial charge is 0.381 e. The Labute approximate surface area is 170 Å². The van der Waals surface area contributed by atoms with Crippen molar-refractivity contribution < 1.29 is 9.53 Å². The number of nitrogens with two attached hydrogens (primary N) is 1. The van der Waals surface area contributed by atoms with Crippen LogP contribution in [0.4, 0.5) is 0 Å². The number of aromatic amines is 1. The summed E-state index contributed by atoms with van der Waals surface area (Å²) >= 11 is 0. The minimum Gasteiger partial charge on any atom is -0.381 e. The van der Waals surface area contributed by atoms with Crippen LogP contribution in [0.1, 0.15) is 40.3 Å². The first-order valence-corrected chi connectivity index (χ1v) is 9.92. The van der Waals surface area contributed by atoms with E-state index in [-0.39, 0.29) is 5.91 Å². The van der Waals surface area contributed by atoms with Crippen molar-refractivity contribution >= 4 is 5.91 Å². The molecule has 1 aromatic heterocycles. The van der Waals surface area contributed by atoms with Crippen molar-refractivity contribution in [3.05, 3.63) is 77.4 Å². The number of ether oxygens (including phenoxy) is 1. The molecule has 0 spiro atoms. The Morgan fingerprint density at radius 3 is 2.55 bits per heavy atom. The van der Waals surface area contributed by atoms with Crippen molar-refractivity contribution in [3.8, 4) is 11.1 Å². The molecule has 6 nitrogen and oxygen atoms in total. The molecule has 1 aliphatic rings. The van der Waals surface area contributed by atoms with Crippen molar-refractivity contribution in [1.82, 2.24) is 15.3 Å². The number of amides is 1. The summed E-state index contributed by atoms with van der Waals surface area (Å²) in [6, 6.07) is 15.7. The van der Waals surface area contributed by atoms with Crippen LogP contribution in [0.2, 0.25) is 0 Å². The van der Waals surface area contributed by atoms with E-state index in [4.69, 9.17) is 10.5 Å². The zero-order chi connectivity index (χ0) is 20.3. The zero-order valence-corrected chi connectivity index (χ0v) is 16.6. The van der Waals surface area contributed by atoms with Crippen molar-refractivity contribution in [2.45, 2.75) is 31.8 Å². The minimum absolute atomic E-state index is 0.111. The summed E-state index contributed by atoms with van der Waals surface area (Å²) < 4.78 is 5.52. The van der Waals surface area contributed by atoms with Gasteiger partial charge in [0.15, 0.2) is 0 Å². The molecule has 1 amide bonds. The first-order valence-electron chi connectivity index (χ1n) is 9.92. The lowest BCUT2D eigenvalue weighted by atomic mass is 9.88. The Kier molecular flexibility index (Phi) is 5.47. The van der Waals surface area contributed by atoms with Gasteiger partial charge in [0.2, 0.25) is 0 Å². The minimum atomic E-state index is -0.533. The molecule has 6 heteroatoms. The zero-order valence-electron chi connectivity index (χ0n) is 16.6. The number of H-pyrrole nitrogens is 1. The maximum absolute atomic E-state index is 13.1. The van der Waals surface area contributed by atoms with Crippen LogP contribution in [0.5, 0.6) is 0 Å². The molecular formula is C23H26N4O2. The average molecular weight is 390 g/mol. The summed E-state index contributed by atoms with van der Waals surface area (Å²) in [5.41, 5.74) is 10.1. The van der Waals surface area contributed by atoms with Gasteiger partial charge in [-0.05, 0) is 35.7 Å². The summed E-state index contributed by atoms with van der Waals surface area (Å²) in [6.07, 6.45) is 3.17. The highest BCUT2D eigenvalue weighted by Crippen LogP contribution is 2.31. The lowest BCUT2D eigenvalue weighted by Gasteiger charge is -2.36. The maximum Gasteiger partial charge on any atom is 0.252 e. The van der Waals surface area contributed by atoms with Crippen molar-refractivity contribution in [3.63, 3.8) is 0 Å². The number of carbonyl (C=O) groups is 1. The van der Waals surface area contributed by atoms with Gasteiger partial charge in [0.05, 0.1) is 0 Å². The monoisotopic (exact) mass is 390 g/mol. The van der Waals surface area contributed by atoms with Gasteiger partial charge in [-0.2, -0.15) is 0 Å². The highest BCUT2D eigenvalue weighted by atomic mass is 16.5. The SMILES string of the molecule is Cc1cnc(C2(NC(=O)c3ccc(-c4ccccc4CN)cc3)CCOCC2)[nH]1. The Balaban J connectivity index is 1.57. The number of hydrogen-bond donors (Lipinski definition) is 3. The molecule has 0 aliphatic carbocycles. The van der Waals surface area contributed by atoms with Crippen LogP contribution in [-0.4, -0.2) is 29.1 Å². The smallest absolute Gasteiger partial charge is 0.252 e. The molecule has 0 radical (unpaired) electrons. The molecular weight excluding hydrogens is 364 g/mol. The molecule has 150 valence electrons. The van der Waals surface area contributed by atoms with Gasteiger partial charge < -0.3 is 20.8 Å². The average Bonchev–Trinajstić information content (AvgIpc) is 3.21. The van der Waals surface area contributed by atoms with Crippen LogP contribution < -0.4 is 11.1 Å². The molecule has 0 atom stereocenters. The second kappa shape index (κ2) is 8.19. The predicted octanol–water partition coefficient (Wildman–Crippen LogP) is 3.28. The van der Waals surface area contributed by atoms with E-state index in [2.05, 4.69) is 15.3 Å². The molecule has 3 aromatic rings. The fourth-order valence-corrected chi connectivity index (χ4v) is 3.87. The van der Waals surface area contributed by atoms with Gasteiger partial charge in [0, 0.05) is 50.1 Å². The van der Waals surface area contributed by atoms with E-state index < -0.39 is 5.54 Å². The van der Waals surface area contributed by atoms with Gasteiger partial charge in [-0.3, -0.25) is 4.79 Å². The second-order valence-electron chi connectivity index (χ2n) is 7.50. The second-order valence-corrected chi connectivity index (χ2v) is 7.50. The van der Waals surface area contributed by atoms with Crippen LogP contribution in [0, 0.1) is 6.92 Å². The molecule has 1 aliphatic heterocycles. The lowest BCUT2D eigenvalue weighted by Crippen LogP contribution is -2.50. The van der Waals surface area contributed by atoms with Gasteiger partial charge in [0.1, 0.15) is 11.4 Å². The number of nitrogens with one attached hydrogen (secondary N) is 2. The number of rotatable bonds is 5. The number of benzene rings is 2. The van der Waals surface area contributed by atoms with Crippen LogP contribution in [-0.2, 0) is 16.8 Å². The van der Waals surface area contributed by atoms with Gasteiger partial charge in [-0.15, -0.1) is 0 Å². The van der Waals surface area contributed by atoms with E-state index in [1.165, 1.54) is 0 Å². The Morgan fingerprint density at radius 2 is 1.90 bits per heavy atom. The third-order valence-electron chi connectivity index (χ3n) is 5.55. The van der Waals surface area contributed by atoms with Crippen molar-refractivity contribution in [2.24, 2.45) is 5.73 Å². The molecule has 0 saturated carbocycles. The first-order chi connectivity index (χ1) is 14.1. The fraction of sp³-hybridized carbons (Fsp3) is 0.304. The molecule has 1 fully saturated rings. The highest BCUT2D eigenvalue weighted by Gasteiger charge is 2.38. The van der Waals surface area contributed by atoms with Gasteiger partial charge >= 0.3 is 0 Å². The molecule has 4 rings (SSSR count). The Hall–Kier alpha value is -2.96.